The van der Waals surface area contributed by atoms with Crippen LogP contribution in [0, 0.1) is 0 Å². The molecule has 0 amide bonds. The number of carbonyl (C=O) groups is 2. The molecule has 0 saturated carbocycles. The van der Waals surface area contributed by atoms with Crippen LogP contribution < -0.4 is 9.80 Å². The maximum atomic E-state index is 12.0. The first-order valence-corrected chi connectivity index (χ1v) is 14.4. The second kappa shape index (κ2) is 14.6. The Kier molecular flexibility index (Phi) is 10.9. The largest absolute Gasteiger partial charge is 0.507 e. The van der Waals surface area contributed by atoms with E-state index in [1.54, 1.807) is 36.7 Å². The number of esters is 2. The third-order valence-corrected chi connectivity index (χ3v) is 8.38. The van der Waals surface area contributed by atoms with Gasteiger partial charge in [0.15, 0.2) is 16.4 Å². The molecule has 4 heterocycles. The maximum absolute atomic E-state index is 12.0. The molecule has 44 heavy (non-hydrogen) atoms. The molecule has 0 unspecified atom stereocenters. The molecule has 1 N–H and O–H groups in total. The zero-order valence-electron chi connectivity index (χ0n) is 25.2. The average molecular weight is 629 g/mol. The topological polar surface area (TPSA) is 149 Å². The van der Waals surface area contributed by atoms with Crippen molar-refractivity contribution >= 4 is 34.9 Å². The van der Waals surface area contributed by atoms with Crippen molar-refractivity contribution in [3.63, 3.8) is 0 Å². The number of phenols is 1. The number of hydrogen-bond donors (Lipinski definition) is 1. The smallest absolute Gasteiger partial charge is 0.338 e. The minimum atomic E-state index is -0.883. The fraction of sp³-hybridized carbons (Fsp3) is 0.467. The molecule has 2 aliphatic heterocycles. The number of rotatable bonds is 7. The number of phenolic OH excluding ortho intramolecular Hbond substituents is 1. The van der Waals surface area contributed by atoms with E-state index in [1.165, 1.54) is 28.4 Å². The van der Waals surface area contributed by atoms with Gasteiger partial charge in [-0.25, -0.2) is 9.59 Å². The molecule has 3 aromatic rings. The first-order valence-electron chi connectivity index (χ1n) is 14.1. The summed E-state index contributed by atoms with van der Waals surface area (Å²) in [6.07, 6.45) is 5.53. The van der Waals surface area contributed by atoms with Gasteiger partial charge in [0.1, 0.15) is 5.75 Å². The van der Waals surface area contributed by atoms with Gasteiger partial charge in [0.05, 0.1) is 43.7 Å². The highest BCUT2D eigenvalue weighted by Gasteiger charge is 2.44. The molecule has 0 atom stereocenters. The fourth-order valence-corrected chi connectivity index (χ4v) is 5.62. The van der Waals surface area contributed by atoms with Gasteiger partial charge in [-0.1, -0.05) is 23.7 Å². The Bertz CT molecular complexity index is 1430. The lowest BCUT2D eigenvalue weighted by atomic mass is 9.91. The molecule has 1 aromatic carbocycles. The molecule has 13 nitrogen and oxygen atoms in total. The van der Waals surface area contributed by atoms with E-state index in [-0.39, 0.29) is 17.7 Å². The summed E-state index contributed by atoms with van der Waals surface area (Å²) in [5.41, 5.74) is 1.31. The first kappa shape index (κ1) is 32.8. The predicted molar refractivity (Wildman–Crippen MR) is 163 cm³/mol. The lowest BCUT2D eigenvalue weighted by molar-refractivity contribution is -0.169. The Morgan fingerprint density at radius 2 is 1.25 bits per heavy atom. The van der Waals surface area contributed by atoms with Crippen LogP contribution in [0.4, 0.5) is 11.4 Å². The molecule has 0 spiro atoms. The van der Waals surface area contributed by atoms with Crippen molar-refractivity contribution < 1.29 is 33.6 Å². The Balaban J connectivity index is 0.000000209. The van der Waals surface area contributed by atoms with Crippen LogP contribution in [0.2, 0.25) is 5.15 Å². The van der Waals surface area contributed by atoms with E-state index in [9.17, 15) is 14.7 Å². The second-order valence-corrected chi connectivity index (χ2v) is 10.8. The number of piperidine rings is 2. The van der Waals surface area contributed by atoms with E-state index in [1.807, 2.05) is 12.1 Å². The van der Waals surface area contributed by atoms with Gasteiger partial charge in [-0.15, -0.1) is 5.10 Å². The Morgan fingerprint density at radius 3 is 1.70 bits per heavy atom. The molecule has 2 aromatic heterocycles. The predicted octanol–water partition coefficient (Wildman–Crippen LogP) is 3.30. The van der Waals surface area contributed by atoms with Crippen molar-refractivity contribution in [3.05, 3.63) is 53.9 Å². The van der Waals surface area contributed by atoms with Crippen LogP contribution >= 0.6 is 11.6 Å². The SMILES string of the molecule is COC(=O)C1(OC)CCN(c2cnnc(-c3ccccc3O)c2)CC1.COC(=O)C1(OC)CCN(c2cnnc(Cl)c2)CC1. The zero-order valence-corrected chi connectivity index (χ0v) is 26.0. The molecule has 0 aliphatic carbocycles. The minimum absolute atomic E-state index is 0.164. The van der Waals surface area contributed by atoms with Crippen LogP contribution in [0.5, 0.6) is 5.75 Å². The number of carbonyl (C=O) groups excluding carboxylic acids is 2. The van der Waals surface area contributed by atoms with Crippen molar-refractivity contribution in [3.8, 4) is 17.0 Å². The van der Waals surface area contributed by atoms with Gasteiger partial charge in [-0.3, -0.25) is 0 Å². The Hall–Kier alpha value is -4.07. The lowest BCUT2D eigenvalue weighted by Crippen LogP contribution is -2.51. The van der Waals surface area contributed by atoms with Crippen molar-refractivity contribution in [2.45, 2.75) is 36.9 Å². The lowest BCUT2D eigenvalue weighted by Gasteiger charge is -2.39. The van der Waals surface area contributed by atoms with E-state index in [0.717, 1.165) is 11.4 Å². The van der Waals surface area contributed by atoms with Crippen LogP contribution in [0.15, 0.2) is 48.8 Å². The molecule has 236 valence electrons. The van der Waals surface area contributed by atoms with Gasteiger partial charge < -0.3 is 33.9 Å². The van der Waals surface area contributed by atoms with Crippen LogP contribution in [-0.2, 0) is 28.5 Å². The molecule has 2 aliphatic rings. The summed E-state index contributed by atoms with van der Waals surface area (Å²) in [5, 5.41) is 26.1. The number of nitrogens with zero attached hydrogens (tertiary/aromatic N) is 6. The number of aromatic hydroxyl groups is 1. The molecule has 0 bridgehead atoms. The standard InChI is InChI=1S/C18H21N3O4.C12H16ClN3O3/c1-24-17(23)18(25-2)7-9-21(10-8-18)13-11-15(20-19-12-13)14-5-3-4-6-16(14)22;1-18-11(17)12(19-2)3-5-16(6-4-12)9-7-10(13)15-14-8-9/h3-6,11-12,22H,7-10H2,1-2H3;7-8H,3-6H2,1-2H3. The molecular formula is C30H37ClN6O7. The van der Waals surface area contributed by atoms with Gasteiger partial charge in [0.2, 0.25) is 0 Å². The van der Waals surface area contributed by atoms with Gasteiger partial charge in [0.25, 0.3) is 0 Å². The highest BCUT2D eigenvalue weighted by molar-refractivity contribution is 6.29. The quantitative estimate of drug-likeness (QED) is 0.382. The second-order valence-electron chi connectivity index (χ2n) is 10.4. The Morgan fingerprint density at radius 1 is 0.773 bits per heavy atom. The number of benzene rings is 1. The van der Waals surface area contributed by atoms with Crippen molar-refractivity contribution in [1.29, 1.82) is 0 Å². The van der Waals surface area contributed by atoms with E-state index in [4.69, 9.17) is 30.5 Å². The van der Waals surface area contributed by atoms with Gasteiger partial charge >= 0.3 is 11.9 Å². The summed E-state index contributed by atoms with van der Waals surface area (Å²) < 4.78 is 20.5. The summed E-state index contributed by atoms with van der Waals surface area (Å²) in [7, 11) is 5.83. The third-order valence-electron chi connectivity index (χ3n) is 8.20. The van der Waals surface area contributed by atoms with Gasteiger partial charge in [0, 0.05) is 77.7 Å². The average Bonchev–Trinajstić information content (AvgIpc) is 3.08. The monoisotopic (exact) mass is 628 g/mol. The Labute approximate surface area is 261 Å². The molecule has 2 saturated heterocycles. The van der Waals surface area contributed by atoms with E-state index in [0.29, 0.717) is 68.3 Å². The maximum Gasteiger partial charge on any atom is 0.338 e. The van der Waals surface area contributed by atoms with E-state index in [2.05, 4.69) is 30.2 Å². The fourth-order valence-electron chi connectivity index (χ4n) is 5.46. The normalized spacial score (nSPS) is 17.2. The van der Waals surface area contributed by atoms with Crippen molar-refractivity contribution in [2.75, 3.05) is 64.4 Å². The van der Waals surface area contributed by atoms with Crippen LogP contribution in [0.25, 0.3) is 11.3 Å². The molecule has 14 heteroatoms. The summed E-state index contributed by atoms with van der Waals surface area (Å²) in [6.45, 7) is 2.61. The summed E-state index contributed by atoms with van der Waals surface area (Å²) in [5.74, 6) is -0.491. The van der Waals surface area contributed by atoms with E-state index < -0.39 is 11.2 Å². The summed E-state index contributed by atoms with van der Waals surface area (Å²) in [6, 6.07) is 10.7. The molecular weight excluding hydrogens is 592 g/mol. The number of para-hydroxylation sites is 1. The molecule has 0 radical (unpaired) electrons. The summed E-state index contributed by atoms with van der Waals surface area (Å²) >= 11 is 5.82. The van der Waals surface area contributed by atoms with Gasteiger partial charge in [-0.05, 0) is 18.2 Å². The highest BCUT2D eigenvalue weighted by Crippen LogP contribution is 2.33. The van der Waals surface area contributed by atoms with Crippen LogP contribution in [0.1, 0.15) is 25.7 Å². The number of halogens is 1. The van der Waals surface area contributed by atoms with Gasteiger partial charge in [-0.2, -0.15) is 15.3 Å². The van der Waals surface area contributed by atoms with E-state index >= 15 is 0 Å². The number of methoxy groups -OCH3 is 4. The highest BCUT2D eigenvalue weighted by atomic mass is 35.5. The number of hydrogen-bond acceptors (Lipinski definition) is 13. The number of anilines is 2. The molecule has 5 rings (SSSR count). The van der Waals surface area contributed by atoms with Crippen LogP contribution in [0.3, 0.4) is 0 Å². The number of aromatic nitrogens is 4. The first-order chi connectivity index (χ1) is 21.2. The molecule has 2 fully saturated rings. The summed E-state index contributed by atoms with van der Waals surface area (Å²) in [4.78, 5) is 28.1. The van der Waals surface area contributed by atoms with Crippen molar-refractivity contribution in [2.24, 2.45) is 0 Å². The van der Waals surface area contributed by atoms with Crippen LogP contribution in [-0.4, -0.2) is 103 Å². The minimum Gasteiger partial charge on any atom is -0.507 e. The van der Waals surface area contributed by atoms with Crippen molar-refractivity contribution in [1.82, 2.24) is 20.4 Å². The number of ether oxygens (including phenoxy) is 4. The zero-order chi connectivity index (χ0) is 31.7. The third kappa shape index (κ3) is 7.17.